The molecule has 0 amide bonds. The third-order valence-electron chi connectivity index (χ3n) is 0. The van der Waals surface area contributed by atoms with Gasteiger partial charge in [-0.15, -0.1) is 0 Å². The summed E-state index contributed by atoms with van der Waals surface area (Å²) in [7, 11) is -5.17. The largest absolute Gasteiger partial charge is 2.00 e. The quantitative estimate of drug-likeness (QED) is 0.162. The molecule has 2 N–H and O–H groups in total. The van der Waals surface area contributed by atoms with E-state index < -0.39 is 10.4 Å². The molecule has 0 bridgehead atoms. The Morgan fingerprint density at radius 2 is 1.12 bits per heavy atom. The summed E-state index contributed by atoms with van der Waals surface area (Å²) in [6, 6.07) is 0. The molecule has 0 aliphatic heterocycles. The molecule has 0 saturated carbocycles. The average molecular weight is 194 g/mol. The molecule has 8 heavy (non-hydrogen) atoms. The maximum absolute atomic E-state index is 8.52. The summed E-state index contributed by atoms with van der Waals surface area (Å²) < 4.78 is 34.1. The molecule has 0 heterocycles. The Bertz CT molecular complexity index is 91.7. The predicted molar refractivity (Wildman–Crippen MR) is 15.7 cm³/mol. The van der Waals surface area contributed by atoms with Crippen LogP contribution in [0.3, 0.4) is 0 Å². The van der Waals surface area contributed by atoms with Crippen molar-refractivity contribution in [3.8, 4) is 0 Å². The topological polar surface area (TPSA) is 121 Å². The maximum atomic E-state index is 8.52. The van der Waals surface area contributed by atoms with Gasteiger partial charge in [0.2, 0.25) is 0 Å². The second-order valence-electron chi connectivity index (χ2n) is 0.408. The molecular weight excluding hydrogens is 192 g/mol. The van der Waals surface area contributed by atoms with Crippen LogP contribution in [0.1, 0.15) is 0 Å². The first kappa shape index (κ1) is 15.7. The first-order valence-corrected chi connectivity index (χ1v) is 2.20. The van der Waals surface area contributed by atoms with E-state index in [9.17, 15) is 0 Å². The van der Waals surface area contributed by atoms with Crippen molar-refractivity contribution >= 4 is 10.4 Å². The minimum Gasteiger partial charge on any atom is -0.759 e. The second kappa shape index (κ2) is 7.31. The molecule has 0 aromatic heterocycles. The van der Waals surface area contributed by atoms with E-state index in [4.69, 9.17) is 28.0 Å². The summed E-state index contributed by atoms with van der Waals surface area (Å²) in [5, 5.41) is 12.0. The van der Waals surface area contributed by atoms with Gasteiger partial charge in [-0.2, -0.15) is 0 Å². The second-order valence-corrected chi connectivity index (χ2v) is 1.22. The Morgan fingerprint density at radius 1 is 1.12 bits per heavy atom. The zero-order valence-corrected chi connectivity index (χ0v) is 5.00. The van der Waals surface area contributed by atoms with E-state index in [0.29, 0.717) is 0 Å². The molecule has 0 aromatic carbocycles. The van der Waals surface area contributed by atoms with Gasteiger partial charge in [0.25, 0.3) is 0 Å². The third kappa shape index (κ3) is 1860. The van der Waals surface area contributed by atoms with Crippen LogP contribution in [0.2, 0.25) is 0 Å². The molecule has 6 nitrogen and oxygen atoms in total. The Labute approximate surface area is 56.1 Å². The van der Waals surface area contributed by atoms with Crippen LogP contribution in [0.15, 0.2) is 0 Å². The molecule has 0 aliphatic rings. The molecule has 55 valence electrons. The van der Waals surface area contributed by atoms with Crippen molar-refractivity contribution in [1.29, 1.82) is 0 Å². The molecule has 0 spiro atoms. The van der Waals surface area contributed by atoms with Crippen molar-refractivity contribution in [1.82, 2.24) is 0 Å². The Kier molecular flexibility index (Phi) is 14.4. The van der Waals surface area contributed by atoms with Crippen molar-refractivity contribution in [2.75, 3.05) is 0 Å². The average Bonchev–Trinajstić information content (AvgIpc) is 1.36. The number of hydrogen-bond donors (Lipinski definition) is 2. The first-order valence-electron chi connectivity index (χ1n) is 0.867. The van der Waals surface area contributed by atoms with E-state index in [1.165, 1.54) is 0 Å². The summed E-state index contributed by atoms with van der Waals surface area (Å²) in [6.07, 6.45) is 0. The monoisotopic (exact) mass is 193 g/mol. The van der Waals surface area contributed by atoms with Crippen LogP contribution in [-0.4, -0.2) is 28.0 Å². The van der Waals surface area contributed by atoms with E-state index in [0.717, 1.165) is 0 Å². The standard InChI is InChI=1S/Cu.H2O4S.H2O2/c;1-5(2,3)4;1-2/h;(H2,1,2,3,4);1-2H/q+2;;/p-2. The Morgan fingerprint density at radius 3 is 1.12 bits per heavy atom. The van der Waals surface area contributed by atoms with Crippen LogP contribution in [0.4, 0.5) is 0 Å². The van der Waals surface area contributed by atoms with Gasteiger partial charge in [0.05, 0.1) is 0 Å². The molecule has 0 fully saturated rings. The smallest absolute Gasteiger partial charge is 0.759 e. The fourth-order valence-electron chi connectivity index (χ4n) is 0. The molecule has 0 saturated heterocycles. The molecule has 0 unspecified atom stereocenters. The van der Waals surface area contributed by atoms with Crippen molar-refractivity contribution in [3.05, 3.63) is 0 Å². The van der Waals surface area contributed by atoms with Crippen molar-refractivity contribution in [2.45, 2.75) is 0 Å². The minimum absolute atomic E-state index is 0. The minimum atomic E-state index is -5.17. The SMILES string of the molecule is O=S(=O)([O-])[O-].OO.[Cu+2]. The number of rotatable bonds is 0. The van der Waals surface area contributed by atoms with Gasteiger partial charge in [0, 0.05) is 10.4 Å². The maximum Gasteiger partial charge on any atom is 2.00 e. The zero-order chi connectivity index (χ0) is 6.50. The fraction of sp³-hybridized carbons (Fsp3) is 0. The number of hydrogen-bond acceptors (Lipinski definition) is 6. The molecule has 0 atom stereocenters. The van der Waals surface area contributed by atoms with Crippen LogP contribution in [-0.2, 0) is 27.5 Å². The Balaban J connectivity index is -0.0000000750. The van der Waals surface area contributed by atoms with Crippen molar-refractivity contribution in [3.63, 3.8) is 0 Å². The molecule has 0 rings (SSSR count). The fourth-order valence-corrected chi connectivity index (χ4v) is 0. The van der Waals surface area contributed by atoms with Crippen LogP contribution in [0.25, 0.3) is 0 Å². The van der Waals surface area contributed by atoms with Gasteiger partial charge >= 0.3 is 17.1 Å². The van der Waals surface area contributed by atoms with Gasteiger partial charge in [0.1, 0.15) is 0 Å². The van der Waals surface area contributed by atoms with E-state index in [-0.39, 0.29) is 17.1 Å². The zero-order valence-electron chi connectivity index (χ0n) is 3.24. The summed E-state index contributed by atoms with van der Waals surface area (Å²) >= 11 is 0. The van der Waals surface area contributed by atoms with Gasteiger partial charge in [-0.05, 0) is 0 Å². The Hall–Kier alpha value is 0.309. The summed E-state index contributed by atoms with van der Waals surface area (Å²) in [5.74, 6) is 0. The summed E-state index contributed by atoms with van der Waals surface area (Å²) in [6.45, 7) is 0. The molecule has 0 aromatic rings. The van der Waals surface area contributed by atoms with Crippen molar-refractivity contribution in [2.24, 2.45) is 0 Å². The molecule has 1 radical (unpaired) electrons. The van der Waals surface area contributed by atoms with Gasteiger partial charge in [0.15, 0.2) is 0 Å². The van der Waals surface area contributed by atoms with Gasteiger partial charge < -0.3 is 9.11 Å². The molecule has 0 aliphatic carbocycles. The van der Waals surface area contributed by atoms with Gasteiger partial charge in [-0.1, -0.05) is 0 Å². The van der Waals surface area contributed by atoms with Crippen molar-refractivity contribution < 1.29 is 45.1 Å². The van der Waals surface area contributed by atoms with Crippen LogP contribution in [0.5, 0.6) is 0 Å². The van der Waals surface area contributed by atoms with E-state index in [1.807, 2.05) is 0 Å². The van der Waals surface area contributed by atoms with Gasteiger partial charge in [-0.3, -0.25) is 18.9 Å². The van der Waals surface area contributed by atoms with E-state index >= 15 is 0 Å². The van der Waals surface area contributed by atoms with Crippen LogP contribution < -0.4 is 0 Å². The third-order valence-corrected chi connectivity index (χ3v) is 0. The van der Waals surface area contributed by atoms with Gasteiger partial charge in [-0.25, -0.2) is 0 Å². The first-order chi connectivity index (χ1) is 3.00. The van der Waals surface area contributed by atoms with Crippen LogP contribution >= 0.6 is 0 Å². The molecule has 8 heteroatoms. The predicted octanol–water partition coefficient (Wildman–Crippen LogP) is -1.32. The summed E-state index contributed by atoms with van der Waals surface area (Å²) in [5.41, 5.74) is 0. The van der Waals surface area contributed by atoms with Crippen LogP contribution in [0, 0.1) is 0 Å². The molecular formula is H2CuO6S. The van der Waals surface area contributed by atoms with E-state index in [2.05, 4.69) is 0 Å². The summed E-state index contributed by atoms with van der Waals surface area (Å²) in [4.78, 5) is 0. The van der Waals surface area contributed by atoms with E-state index in [1.54, 1.807) is 0 Å². The normalized spacial score (nSPS) is 8.00.